The predicted octanol–water partition coefficient (Wildman–Crippen LogP) is 1.02. The zero-order valence-electron chi connectivity index (χ0n) is 18.5. The number of aliphatic hydroxyl groups is 3. The summed E-state index contributed by atoms with van der Waals surface area (Å²) in [7, 11) is 2.81. The summed E-state index contributed by atoms with van der Waals surface area (Å²) in [5.41, 5.74) is 1.11. The van der Waals surface area contributed by atoms with Crippen molar-refractivity contribution in [3.63, 3.8) is 0 Å². The van der Waals surface area contributed by atoms with Crippen LogP contribution in [0.25, 0.3) is 0 Å². The maximum Gasteiger partial charge on any atom is 0.338 e. The van der Waals surface area contributed by atoms with Crippen molar-refractivity contribution in [2.45, 2.75) is 44.1 Å². The van der Waals surface area contributed by atoms with Gasteiger partial charge in [-0.15, -0.1) is 0 Å². The Bertz CT molecular complexity index is 962. The number of hydrogen-bond acceptors (Lipinski definition) is 10. The molecule has 1 aliphatic rings. The van der Waals surface area contributed by atoms with Gasteiger partial charge in [0, 0.05) is 0 Å². The lowest BCUT2D eigenvalue weighted by Crippen LogP contribution is -2.60. The molecule has 2 aromatic rings. The van der Waals surface area contributed by atoms with Gasteiger partial charge in [-0.25, -0.2) is 4.79 Å². The van der Waals surface area contributed by atoms with Crippen molar-refractivity contribution in [1.29, 1.82) is 0 Å². The molecule has 180 valence electrons. The van der Waals surface area contributed by atoms with Crippen LogP contribution in [0.4, 0.5) is 0 Å². The second kappa shape index (κ2) is 10.7. The van der Waals surface area contributed by atoms with Crippen LogP contribution in [-0.2, 0) is 15.9 Å². The molecular weight excluding hydrogens is 436 g/mol. The van der Waals surface area contributed by atoms with Gasteiger partial charge in [0.05, 0.1) is 19.8 Å². The quantitative estimate of drug-likeness (QED) is 0.418. The third kappa shape index (κ3) is 5.48. The average molecular weight is 464 g/mol. The predicted molar refractivity (Wildman–Crippen MR) is 115 cm³/mol. The number of aliphatic hydroxyl groups excluding tert-OH is 3. The number of aromatic hydroxyl groups is 1. The first kappa shape index (κ1) is 24.6. The highest BCUT2D eigenvalue weighted by molar-refractivity contribution is 5.90. The van der Waals surface area contributed by atoms with Crippen molar-refractivity contribution in [2.24, 2.45) is 0 Å². The third-order valence-corrected chi connectivity index (χ3v) is 5.34. The molecule has 1 aliphatic heterocycles. The van der Waals surface area contributed by atoms with Crippen molar-refractivity contribution in [3.8, 4) is 23.0 Å². The minimum Gasteiger partial charge on any atom is -0.504 e. The fourth-order valence-electron chi connectivity index (χ4n) is 3.35. The van der Waals surface area contributed by atoms with Gasteiger partial charge in [-0.3, -0.25) is 0 Å². The first-order chi connectivity index (χ1) is 15.8. The van der Waals surface area contributed by atoms with Crippen LogP contribution in [0.2, 0.25) is 0 Å². The first-order valence-electron chi connectivity index (χ1n) is 10.4. The average Bonchev–Trinajstić information content (AvgIpc) is 2.83. The molecule has 1 fully saturated rings. The maximum absolute atomic E-state index is 12.4. The minimum atomic E-state index is -1.61. The normalized spacial score (nSPS) is 24.7. The molecule has 10 heteroatoms. The zero-order chi connectivity index (χ0) is 24.1. The summed E-state index contributed by atoms with van der Waals surface area (Å²) in [5.74, 6) is -0.128. The Hall–Kier alpha value is -3.05. The standard InChI is InChI=1S/C23H28O10/c1-4-12-5-8-15(17(9-12)30-3)32-23-21(27)20(26)19(25)18(33-23)11-31-22(28)13-6-7-14(24)16(10-13)29-2/h5-10,18-21,23-27H,4,11H2,1-3H3. The van der Waals surface area contributed by atoms with Gasteiger partial charge in [-0.2, -0.15) is 0 Å². The number of hydrogen-bond donors (Lipinski definition) is 4. The molecule has 0 saturated carbocycles. The molecule has 0 aliphatic carbocycles. The van der Waals surface area contributed by atoms with Gasteiger partial charge >= 0.3 is 5.97 Å². The van der Waals surface area contributed by atoms with Gasteiger partial charge in [0.15, 0.2) is 23.0 Å². The van der Waals surface area contributed by atoms with Crippen LogP contribution in [0.3, 0.4) is 0 Å². The second-order valence-corrected chi connectivity index (χ2v) is 7.46. The number of rotatable bonds is 8. The zero-order valence-corrected chi connectivity index (χ0v) is 18.5. The van der Waals surface area contributed by atoms with Gasteiger partial charge in [0.1, 0.15) is 31.0 Å². The lowest BCUT2D eigenvalue weighted by atomic mass is 9.99. The number of aryl methyl sites for hydroxylation is 1. The molecule has 5 atom stereocenters. The van der Waals surface area contributed by atoms with E-state index >= 15 is 0 Å². The van der Waals surface area contributed by atoms with E-state index in [4.69, 9.17) is 23.7 Å². The van der Waals surface area contributed by atoms with Crippen LogP contribution in [0.1, 0.15) is 22.8 Å². The first-order valence-corrected chi connectivity index (χ1v) is 10.4. The molecule has 5 unspecified atom stereocenters. The van der Waals surface area contributed by atoms with Crippen LogP contribution < -0.4 is 14.2 Å². The SMILES string of the molecule is CCc1ccc(OC2OC(COC(=O)c3ccc(O)c(OC)c3)C(O)C(O)C2O)c(OC)c1. The van der Waals surface area contributed by atoms with E-state index in [1.54, 1.807) is 12.1 Å². The molecule has 2 aromatic carbocycles. The van der Waals surface area contributed by atoms with Gasteiger partial charge in [-0.05, 0) is 42.3 Å². The van der Waals surface area contributed by atoms with E-state index in [0.29, 0.717) is 5.75 Å². The number of ether oxygens (including phenoxy) is 5. The van der Waals surface area contributed by atoms with E-state index < -0.39 is 43.3 Å². The molecule has 1 saturated heterocycles. The fraction of sp³-hybridized carbons (Fsp3) is 0.435. The summed E-state index contributed by atoms with van der Waals surface area (Å²) >= 11 is 0. The highest BCUT2D eigenvalue weighted by Gasteiger charge is 2.45. The second-order valence-electron chi connectivity index (χ2n) is 7.46. The van der Waals surface area contributed by atoms with Gasteiger partial charge in [0.2, 0.25) is 6.29 Å². The number of phenolic OH excluding ortho intramolecular Hbond substituents is 1. The molecular formula is C23H28O10. The summed E-state index contributed by atoms with van der Waals surface area (Å²) in [5, 5.41) is 40.6. The Kier molecular flexibility index (Phi) is 7.98. The van der Waals surface area contributed by atoms with Crippen molar-refractivity contribution in [3.05, 3.63) is 47.5 Å². The van der Waals surface area contributed by atoms with Crippen LogP contribution in [0, 0.1) is 0 Å². The van der Waals surface area contributed by atoms with Crippen molar-refractivity contribution in [1.82, 2.24) is 0 Å². The fourth-order valence-corrected chi connectivity index (χ4v) is 3.35. The lowest BCUT2D eigenvalue weighted by molar-refractivity contribution is -0.277. The lowest BCUT2D eigenvalue weighted by Gasteiger charge is -2.40. The summed E-state index contributed by atoms with van der Waals surface area (Å²) in [6.07, 6.45) is -6.47. The largest absolute Gasteiger partial charge is 0.504 e. The molecule has 33 heavy (non-hydrogen) atoms. The summed E-state index contributed by atoms with van der Waals surface area (Å²) in [6.45, 7) is 1.56. The van der Waals surface area contributed by atoms with E-state index in [1.165, 1.54) is 32.4 Å². The number of methoxy groups -OCH3 is 2. The number of phenols is 1. The van der Waals surface area contributed by atoms with E-state index in [9.17, 15) is 25.2 Å². The molecule has 4 N–H and O–H groups in total. The molecule has 3 rings (SSSR count). The number of benzene rings is 2. The molecule has 0 spiro atoms. The van der Waals surface area contributed by atoms with Gasteiger partial charge < -0.3 is 44.1 Å². The topological polar surface area (TPSA) is 144 Å². The maximum atomic E-state index is 12.4. The third-order valence-electron chi connectivity index (χ3n) is 5.34. The Morgan fingerprint density at radius 3 is 2.33 bits per heavy atom. The Labute approximate surface area is 190 Å². The number of esters is 1. The number of carbonyl (C=O) groups excluding carboxylic acids is 1. The van der Waals surface area contributed by atoms with Crippen molar-refractivity contribution < 1.29 is 48.9 Å². The van der Waals surface area contributed by atoms with E-state index in [0.717, 1.165) is 12.0 Å². The Morgan fingerprint density at radius 2 is 1.67 bits per heavy atom. The van der Waals surface area contributed by atoms with E-state index in [2.05, 4.69) is 0 Å². The monoisotopic (exact) mass is 464 g/mol. The minimum absolute atomic E-state index is 0.0912. The Morgan fingerprint density at radius 1 is 0.939 bits per heavy atom. The highest BCUT2D eigenvalue weighted by Crippen LogP contribution is 2.32. The molecule has 0 radical (unpaired) electrons. The van der Waals surface area contributed by atoms with E-state index in [-0.39, 0.29) is 22.8 Å². The summed E-state index contributed by atoms with van der Waals surface area (Å²) in [6, 6.07) is 9.17. The highest BCUT2D eigenvalue weighted by atomic mass is 16.7. The molecule has 0 bridgehead atoms. The summed E-state index contributed by atoms with van der Waals surface area (Å²) in [4.78, 5) is 12.4. The van der Waals surface area contributed by atoms with Crippen molar-refractivity contribution >= 4 is 5.97 Å². The van der Waals surface area contributed by atoms with Gasteiger partial charge in [-0.1, -0.05) is 13.0 Å². The van der Waals surface area contributed by atoms with Crippen molar-refractivity contribution in [2.75, 3.05) is 20.8 Å². The van der Waals surface area contributed by atoms with Crippen LogP contribution in [0.5, 0.6) is 23.0 Å². The van der Waals surface area contributed by atoms with Crippen LogP contribution in [-0.4, -0.2) is 77.9 Å². The molecule has 10 nitrogen and oxygen atoms in total. The molecule has 0 aromatic heterocycles. The van der Waals surface area contributed by atoms with E-state index in [1.807, 2.05) is 13.0 Å². The molecule has 0 amide bonds. The van der Waals surface area contributed by atoms with Crippen LogP contribution in [0.15, 0.2) is 36.4 Å². The van der Waals surface area contributed by atoms with Gasteiger partial charge in [0.25, 0.3) is 0 Å². The summed E-state index contributed by atoms with van der Waals surface area (Å²) < 4.78 is 26.8. The smallest absolute Gasteiger partial charge is 0.338 e. The Balaban J connectivity index is 1.70. The number of carbonyl (C=O) groups is 1. The van der Waals surface area contributed by atoms with Crippen LogP contribution >= 0.6 is 0 Å². The molecule has 1 heterocycles.